The summed E-state index contributed by atoms with van der Waals surface area (Å²) >= 11 is 0. The van der Waals surface area contributed by atoms with Crippen molar-refractivity contribution in [2.45, 2.75) is 49.9 Å². The van der Waals surface area contributed by atoms with Crippen LogP contribution in [0.3, 0.4) is 0 Å². The first-order valence-corrected chi connectivity index (χ1v) is 6.51. The van der Waals surface area contributed by atoms with Crippen LogP contribution in [0.25, 0.3) is 0 Å². The number of aromatic nitrogens is 2. The largest absolute Gasteiger partial charge is 0.385 e. The van der Waals surface area contributed by atoms with E-state index < -0.39 is 0 Å². The molecule has 6 nitrogen and oxygen atoms in total. The smallest absolute Gasteiger partial charge is 0.243 e. The zero-order chi connectivity index (χ0) is 12.5. The van der Waals surface area contributed by atoms with Gasteiger partial charge in [-0.25, -0.2) is 0 Å². The van der Waals surface area contributed by atoms with Gasteiger partial charge in [-0.15, -0.1) is 0 Å². The second-order valence-electron chi connectivity index (χ2n) is 5.09. The maximum absolute atomic E-state index is 5.96. The first kappa shape index (κ1) is 12.1. The molecule has 0 aliphatic carbocycles. The van der Waals surface area contributed by atoms with E-state index in [0.29, 0.717) is 25.0 Å². The fourth-order valence-corrected chi connectivity index (χ4v) is 2.83. The van der Waals surface area contributed by atoms with E-state index in [1.54, 1.807) is 7.11 Å². The molecule has 4 unspecified atom stereocenters. The predicted molar refractivity (Wildman–Crippen MR) is 63.0 cm³/mol. The molecule has 18 heavy (non-hydrogen) atoms. The summed E-state index contributed by atoms with van der Waals surface area (Å²) in [6.07, 6.45) is 4.64. The van der Waals surface area contributed by atoms with E-state index in [1.807, 2.05) is 0 Å². The summed E-state index contributed by atoms with van der Waals surface area (Å²) in [7, 11) is 1.65. The Kier molecular flexibility index (Phi) is 3.32. The number of nitrogens with zero attached hydrogens (tertiary/aromatic N) is 2. The van der Waals surface area contributed by atoms with Crippen molar-refractivity contribution in [2.75, 3.05) is 13.7 Å². The minimum absolute atomic E-state index is 0.245. The van der Waals surface area contributed by atoms with Crippen molar-refractivity contribution in [3.63, 3.8) is 0 Å². The number of hydrogen-bond acceptors (Lipinski definition) is 6. The van der Waals surface area contributed by atoms with Gasteiger partial charge in [0.15, 0.2) is 5.82 Å². The van der Waals surface area contributed by atoms with Crippen molar-refractivity contribution in [2.24, 2.45) is 5.73 Å². The van der Waals surface area contributed by atoms with Gasteiger partial charge in [0.25, 0.3) is 0 Å². The molecule has 2 fully saturated rings. The van der Waals surface area contributed by atoms with Crippen molar-refractivity contribution >= 4 is 0 Å². The van der Waals surface area contributed by atoms with Gasteiger partial charge in [0.1, 0.15) is 0 Å². The Bertz CT molecular complexity index is 409. The lowest BCUT2D eigenvalue weighted by Gasteiger charge is -2.13. The molecule has 2 aliphatic rings. The standard InChI is InChI=1S/C12H19N3O3/c1-16-5-4-9(13)12-14-11(15-18-12)8-6-7-2-3-10(8)17-7/h7-10H,2-6,13H2,1H3. The van der Waals surface area contributed by atoms with Crippen LogP contribution in [0.15, 0.2) is 4.52 Å². The van der Waals surface area contributed by atoms with Crippen LogP contribution in [0.1, 0.15) is 49.4 Å². The Morgan fingerprint density at radius 2 is 2.39 bits per heavy atom. The fourth-order valence-electron chi connectivity index (χ4n) is 2.83. The lowest BCUT2D eigenvalue weighted by Crippen LogP contribution is -2.16. The molecule has 100 valence electrons. The van der Waals surface area contributed by atoms with Crippen molar-refractivity contribution < 1.29 is 14.0 Å². The molecule has 2 N–H and O–H groups in total. The molecule has 2 bridgehead atoms. The van der Waals surface area contributed by atoms with Gasteiger partial charge in [-0.3, -0.25) is 0 Å². The fraction of sp³-hybridized carbons (Fsp3) is 0.833. The molecular formula is C12H19N3O3. The second kappa shape index (κ2) is 4.95. The topological polar surface area (TPSA) is 83.4 Å². The third kappa shape index (κ3) is 2.15. The van der Waals surface area contributed by atoms with Gasteiger partial charge in [0, 0.05) is 13.7 Å². The molecule has 0 saturated carbocycles. The van der Waals surface area contributed by atoms with Crippen LogP contribution in [-0.4, -0.2) is 36.1 Å². The molecule has 4 atom stereocenters. The van der Waals surface area contributed by atoms with Crippen LogP contribution < -0.4 is 5.73 Å². The van der Waals surface area contributed by atoms with Crippen LogP contribution in [0.2, 0.25) is 0 Å². The Morgan fingerprint density at radius 1 is 1.50 bits per heavy atom. The minimum Gasteiger partial charge on any atom is -0.385 e. The summed E-state index contributed by atoms with van der Waals surface area (Å²) < 4.78 is 16.0. The first-order chi connectivity index (χ1) is 8.78. The van der Waals surface area contributed by atoms with Crippen LogP contribution >= 0.6 is 0 Å². The van der Waals surface area contributed by atoms with Crippen molar-refractivity contribution in [3.8, 4) is 0 Å². The van der Waals surface area contributed by atoms with E-state index in [9.17, 15) is 0 Å². The Labute approximate surface area is 106 Å². The summed E-state index contributed by atoms with van der Waals surface area (Å²) in [5.41, 5.74) is 5.96. The quantitative estimate of drug-likeness (QED) is 0.847. The van der Waals surface area contributed by atoms with Crippen LogP contribution in [0.4, 0.5) is 0 Å². The number of hydrogen-bond donors (Lipinski definition) is 1. The Hall–Kier alpha value is -0.980. The average molecular weight is 253 g/mol. The third-order valence-corrected chi connectivity index (χ3v) is 3.85. The molecule has 0 spiro atoms. The third-order valence-electron chi connectivity index (χ3n) is 3.85. The van der Waals surface area contributed by atoms with Gasteiger partial charge < -0.3 is 19.7 Å². The first-order valence-electron chi connectivity index (χ1n) is 6.51. The molecule has 1 aromatic rings. The van der Waals surface area contributed by atoms with E-state index in [1.165, 1.54) is 6.42 Å². The maximum atomic E-state index is 5.96. The molecule has 3 rings (SSSR count). The van der Waals surface area contributed by atoms with Gasteiger partial charge in [-0.2, -0.15) is 4.98 Å². The molecule has 3 heterocycles. The van der Waals surface area contributed by atoms with E-state index in [4.69, 9.17) is 19.7 Å². The molecule has 1 aromatic heterocycles. The number of nitrogens with two attached hydrogens (primary N) is 1. The second-order valence-corrected chi connectivity index (χ2v) is 5.09. The SMILES string of the molecule is COCCC(N)c1nc(C2CC3CCC2O3)no1. The highest BCUT2D eigenvalue weighted by atomic mass is 16.5. The molecule has 6 heteroatoms. The summed E-state index contributed by atoms with van der Waals surface area (Å²) in [6.45, 7) is 0.593. The molecular weight excluding hydrogens is 234 g/mol. The summed E-state index contributed by atoms with van der Waals surface area (Å²) in [5, 5.41) is 4.06. The molecule has 0 radical (unpaired) electrons. The highest BCUT2D eigenvalue weighted by molar-refractivity contribution is 5.07. The lowest BCUT2D eigenvalue weighted by atomic mass is 9.89. The van der Waals surface area contributed by atoms with Gasteiger partial charge in [-0.1, -0.05) is 5.16 Å². The zero-order valence-electron chi connectivity index (χ0n) is 10.5. The molecule has 0 aromatic carbocycles. The predicted octanol–water partition coefficient (Wildman–Crippen LogP) is 1.14. The van der Waals surface area contributed by atoms with Crippen LogP contribution in [-0.2, 0) is 9.47 Å². The summed E-state index contributed by atoms with van der Waals surface area (Å²) in [6, 6.07) is -0.245. The van der Waals surface area contributed by atoms with Crippen molar-refractivity contribution in [1.29, 1.82) is 0 Å². The van der Waals surface area contributed by atoms with E-state index in [-0.39, 0.29) is 18.1 Å². The lowest BCUT2D eigenvalue weighted by molar-refractivity contribution is 0.0996. The van der Waals surface area contributed by atoms with Crippen LogP contribution in [0.5, 0.6) is 0 Å². The van der Waals surface area contributed by atoms with Crippen molar-refractivity contribution in [3.05, 3.63) is 11.7 Å². The normalized spacial score (nSPS) is 32.0. The molecule has 2 saturated heterocycles. The average Bonchev–Trinajstić information content (AvgIpc) is 3.09. The molecule has 2 aliphatic heterocycles. The highest BCUT2D eigenvalue weighted by Gasteiger charge is 2.43. The number of fused-ring (bicyclic) bond motifs is 2. The zero-order valence-corrected chi connectivity index (χ0v) is 10.5. The number of rotatable bonds is 5. The number of ether oxygens (including phenoxy) is 2. The summed E-state index contributed by atoms with van der Waals surface area (Å²) in [4.78, 5) is 4.43. The minimum atomic E-state index is -0.245. The van der Waals surface area contributed by atoms with Crippen molar-refractivity contribution in [1.82, 2.24) is 10.1 Å². The van der Waals surface area contributed by atoms with E-state index in [2.05, 4.69) is 10.1 Å². The van der Waals surface area contributed by atoms with Gasteiger partial charge >= 0.3 is 0 Å². The Balaban J connectivity index is 1.66. The maximum Gasteiger partial charge on any atom is 0.243 e. The van der Waals surface area contributed by atoms with E-state index >= 15 is 0 Å². The summed E-state index contributed by atoms with van der Waals surface area (Å²) in [5.74, 6) is 1.55. The van der Waals surface area contributed by atoms with Gasteiger partial charge in [0.05, 0.1) is 24.2 Å². The highest BCUT2D eigenvalue weighted by Crippen LogP contribution is 2.43. The van der Waals surface area contributed by atoms with Crippen LogP contribution in [0, 0.1) is 0 Å². The monoisotopic (exact) mass is 253 g/mol. The number of methoxy groups -OCH3 is 1. The van der Waals surface area contributed by atoms with E-state index in [0.717, 1.165) is 18.7 Å². The molecule has 0 amide bonds. The van der Waals surface area contributed by atoms with Gasteiger partial charge in [-0.05, 0) is 25.7 Å². The van der Waals surface area contributed by atoms with Gasteiger partial charge in [0.2, 0.25) is 5.89 Å². The Morgan fingerprint density at radius 3 is 3.06 bits per heavy atom.